The van der Waals surface area contributed by atoms with Crippen LogP contribution in [0.4, 0.5) is 0 Å². The van der Waals surface area contributed by atoms with E-state index in [4.69, 9.17) is 4.74 Å². The van der Waals surface area contributed by atoms with Crippen LogP contribution in [0.25, 0.3) is 0 Å². The molecule has 1 unspecified atom stereocenters. The van der Waals surface area contributed by atoms with Gasteiger partial charge >= 0.3 is 5.97 Å². The number of benzene rings is 1. The number of rotatable bonds is 5. The van der Waals surface area contributed by atoms with E-state index in [1.165, 1.54) is 7.11 Å². The standard InChI is InChI=1S/C15H20BrNO3/c1-9(2)8-13(15(19)20-4)17-14(18)11-6-5-7-12(16)10(11)3/h5-7,9,13H,8H2,1-4H3,(H,17,18). The molecule has 1 amide bonds. The van der Waals surface area contributed by atoms with Crippen LogP contribution in [-0.4, -0.2) is 25.0 Å². The Morgan fingerprint density at radius 2 is 2.00 bits per heavy atom. The minimum atomic E-state index is -0.620. The molecule has 110 valence electrons. The average Bonchev–Trinajstić information content (AvgIpc) is 2.39. The fourth-order valence-corrected chi connectivity index (χ4v) is 2.28. The third kappa shape index (κ3) is 4.34. The van der Waals surface area contributed by atoms with Gasteiger partial charge in [0.15, 0.2) is 0 Å². The fraction of sp³-hybridized carbons (Fsp3) is 0.467. The zero-order valence-corrected chi connectivity index (χ0v) is 13.8. The van der Waals surface area contributed by atoms with Crippen molar-refractivity contribution in [1.29, 1.82) is 0 Å². The number of carbonyl (C=O) groups excluding carboxylic acids is 2. The van der Waals surface area contributed by atoms with Crippen molar-refractivity contribution in [2.24, 2.45) is 5.92 Å². The number of esters is 1. The molecule has 0 spiro atoms. The summed E-state index contributed by atoms with van der Waals surface area (Å²) in [7, 11) is 1.33. The summed E-state index contributed by atoms with van der Waals surface area (Å²) in [4.78, 5) is 24.0. The Balaban J connectivity index is 2.90. The molecular formula is C15H20BrNO3. The number of methoxy groups -OCH3 is 1. The van der Waals surface area contributed by atoms with Gasteiger partial charge in [-0.3, -0.25) is 4.79 Å². The Hall–Kier alpha value is -1.36. The number of carbonyl (C=O) groups is 2. The first-order chi connectivity index (χ1) is 9.36. The summed E-state index contributed by atoms with van der Waals surface area (Å²) in [5.74, 6) is -0.400. The van der Waals surface area contributed by atoms with Gasteiger partial charge in [0.2, 0.25) is 0 Å². The number of amides is 1. The molecule has 0 radical (unpaired) electrons. The van der Waals surface area contributed by atoms with Gasteiger partial charge in [-0.05, 0) is 37.0 Å². The van der Waals surface area contributed by atoms with Gasteiger partial charge in [0, 0.05) is 10.0 Å². The van der Waals surface area contributed by atoms with Gasteiger partial charge < -0.3 is 10.1 Å². The van der Waals surface area contributed by atoms with E-state index in [-0.39, 0.29) is 11.8 Å². The van der Waals surface area contributed by atoms with Crippen LogP contribution < -0.4 is 5.32 Å². The van der Waals surface area contributed by atoms with Crippen LogP contribution in [0.3, 0.4) is 0 Å². The summed E-state index contributed by atoms with van der Waals surface area (Å²) in [6, 6.07) is 4.78. The van der Waals surface area contributed by atoms with Crippen molar-refractivity contribution in [3.63, 3.8) is 0 Å². The van der Waals surface area contributed by atoms with E-state index in [0.717, 1.165) is 10.0 Å². The lowest BCUT2D eigenvalue weighted by Gasteiger charge is -2.19. The molecule has 0 aliphatic carbocycles. The lowest BCUT2D eigenvalue weighted by molar-refractivity contribution is -0.143. The zero-order valence-electron chi connectivity index (χ0n) is 12.2. The quantitative estimate of drug-likeness (QED) is 0.837. The van der Waals surface area contributed by atoms with Crippen LogP contribution in [-0.2, 0) is 9.53 Å². The molecule has 0 saturated carbocycles. The maximum absolute atomic E-state index is 12.3. The lowest BCUT2D eigenvalue weighted by atomic mass is 10.0. The summed E-state index contributed by atoms with van der Waals surface area (Å²) < 4.78 is 5.61. The van der Waals surface area contributed by atoms with Crippen molar-refractivity contribution >= 4 is 27.8 Å². The first-order valence-electron chi connectivity index (χ1n) is 6.50. The lowest BCUT2D eigenvalue weighted by Crippen LogP contribution is -2.42. The van der Waals surface area contributed by atoms with Crippen molar-refractivity contribution in [3.8, 4) is 0 Å². The Kier molecular flexibility index (Phi) is 6.20. The zero-order chi connectivity index (χ0) is 15.3. The van der Waals surface area contributed by atoms with Gasteiger partial charge in [0.05, 0.1) is 7.11 Å². The molecule has 0 fully saturated rings. The molecule has 4 nitrogen and oxygen atoms in total. The Morgan fingerprint density at radius 1 is 1.35 bits per heavy atom. The predicted molar refractivity (Wildman–Crippen MR) is 81.6 cm³/mol. The molecule has 0 aliphatic rings. The molecule has 0 saturated heterocycles. The van der Waals surface area contributed by atoms with E-state index >= 15 is 0 Å². The van der Waals surface area contributed by atoms with Crippen LogP contribution in [0.2, 0.25) is 0 Å². The highest BCUT2D eigenvalue weighted by atomic mass is 79.9. The molecule has 1 aromatic carbocycles. The summed E-state index contributed by atoms with van der Waals surface area (Å²) in [5, 5.41) is 2.75. The summed E-state index contributed by atoms with van der Waals surface area (Å²) in [6.45, 7) is 5.84. The van der Waals surface area contributed by atoms with Crippen molar-refractivity contribution < 1.29 is 14.3 Å². The summed E-state index contributed by atoms with van der Waals surface area (Å²) >= 11 is 3.39. The first kappa shape index (κ1) is 16.7. The topological polar surface area (TPSA) is 55.4 Å². The molecule has 1 aromatic rings. The number of hydrogen-bond donors (Lipinski definition) is 1. The van der Waals surface area contributed by atoms with Gasteiger partial charge in [0.1, 0.15) is 6.04 Å². The van der Waals surface area contributed by atoms with Gasteiger partial charge in [-0.25, -0.2) is 4.79 Å². The Bertz CT molecular complexity index is 500. The van der Waals surface area contributed by atoms with E-state index in [9.17, 15) is 9.59 Å². The molecule has 20 heavy (non-hydrogen) atoms. The van der Waals surface area contributed by atoms with E-state index in [1.54, 1.807) is 12.1 Å². The molecule has 0 aromatic heterocycles. The van der Waals surface area contributed by atoms with Crippen LogP contribution in [0, 0.1) is 12.8 Å². The third-order valence-electron chi connectivity index (χ3n) is 3.01. The van der Waals surface area contributed by atoms with Crippen LogP contribution in [0.5, 0.6) is 0 Å². The maximum atomic E-state index is 12.3. The highest BCUT2D eigenvalue weighted by Crippen LogP contribution is 2.19. The highest BCUT2D eigenvalue weighted by molar-refractivity contribution is 9.10. The van der Waals surface area contributed by atoms with E-state index in [1.807, 2.05) is 26.8 Å². The van der Waals surface area contributed by atoms with Gasteiger partial charge in [-0.2, -0.15) is 0 Å². The summed E-state index contributed by atoms with van der Waals surface area (Å²) in [6.07, 6.45) is 0.547. The number of nitrogens with one attached hydrogen (secondary N) is 1. The molecule has 0 bridgehead atoms. The fourth-order valence-electron chi connectivity index (χ4n) is 1.92. The molecule has 0 aliphatic heterocycles. The highest BCUT2D eigenvalue weighted by Gasteiger charge is 2.23. The van der Waals surface area contributed by atoms with E-state index in [0.29, 0.717) is 12.0 Å². The normalized spacial score (nSPS) is 12.1. The van der Waals surface area contributed by atoms with Gasteiger partial charge in [-0.1, -0.05) is 35.8 Å². The maximum Gasteiger partial charge on any atom is 0.328 e. The van der Waals surface area contributed by atoms with Crippen molar-refractivity contribution in [2.45, 2.75) is 33.2 Å². The van der Waals surface area contributed by atoms with Gasteiger partial charge in [-0.15, -0.1) is 0 Å². The molecular weight excluding hydrogens is 322 g/mol. The molecule has 5 heteroatoms. The SMILES string of the molecule is COC(=O)C(CC(C)C)NC(=O)c1cccc(Br)c1C. The van der Waals surface area contributed by atoms with Crippen LogP contribution in [0.15, 0.2) is 22.7 Å². The third-order valence-corrected chi connectivity index (χ3v) is 3.87. The van der Waals surface area contributed by atoms with Crippen molar-refractivity contribution in [2.75, 3.05) is 7.11 Å². The molecule has 1 atom stereocenters. The number of halogens is 1. The van der Waals surface area contributed by atoms with E-state index < -0.39 is 12.0 Å². The summed E-state index contributed by atoms with van der Waals surface area (Å²) in [5.41, 5.74) is 1.40. The molecule has 1 rings (SSSR count). The second-order valence-electron chi connectivity index (χ2n) is 5.09. The predicted octanol–water partition coefficient (Wildman–Crippen LogP) is 3.08. The first-order valence-corrected chi connectivity index (χ1v) is 7.30. The number of hydrogen-bond acceptors (Lipinski definition) is 3. The average molecular weight is 342 g/mol. The molecule has 1 N–H and O–H groups in total. The second kappa shape index (κ2) is 7.43. The Labute approximate surface area is 128 Å². The molecule has 0 heterocycles. The van der Waals surface area contributed by atoms with Crippen molar-refractivity contribution in [3.05, 3.63) is 33.8 Å². The Morgan fingerprint density at radius 3 is 2.55 bits per heavy atom. The minimum absolute atomic E-state index is 0.264. The largest absolute Gasteiger partial charge is 0.467 e. The van der Waals surface area contributed by atoms with Crippen LogP contribution in [0.1, 0.15) is 36.2 Å². The number of ether oxygens (including phenoxy) is 1. The smallest absolute Gasteiger partial charge is 0.328 e. The van der Waals surface area contributed by atoms with Crippen LogP contribution >= 0.6 is 15.9 Å². The monoisotopic (exact) mass is 341 g/mol. The van der Waals surface area contributed by atoms with Gasteiger partial charge in [0.25, 0.3) is 5.91 Å². The second-order valence-corrected chi connectivity index (χ2v) is 5.95. The van der Waals surface area contributed by atoms with Crippen molar-refractivity contribution in [1.82, 2.24) is 5.32 Å². The minimum Gasteiger partial charge on any atom is -0.467 e. The van der Waals surface area contributed by atoms with E-state index in [2.05, 4.69) is 21.2 Å².